The number of carbonyl (C=O) groups is 2. The standard InChI is InChI=1S/C24H19ClN2O3S/c1-15-12-13-19(25)21-20(15)26-24(31-21)27(14-16-8-4-3-5-9-16)22(28)17-10-6-7-11-18(17)23(29)30-2/h3-13H,14H2,1-2H3. The Morgan fingerprint density at radius 3 is 2.35 bits per heavy atom. The summed E-state index contributed by atoms with van der Waals surface area (Å²) < 4.78 is 5.69. The van der Waals surface area contributed by atoms with Gasteiger partial charge in [0.1, 0.15) is 0 Å². The summed E-state index contributed by atoms with van der Waals surface area (Å²) in [5, 5.41) is 1.10. The molecule has 0 bridgehead atoms. The number of rotatable bonds is 5. The van der Waals surface area contributed by atoms with Gasteiger partial charge in [-0.2, -0.15) is 0 Å². The van der Waals surface area contributed by atoms with Crippen LogP contribution in [0.2, 0.25) is 5.02 Å². The molecule has 0 aliphatic carbocycles. The maximum atomic E-state index is 13.7. The van der Waals surface area contributed by atoms with E-state index in [-0.39, 0.29) is 17.0 Å². The minimum atomic E-state index is -0.563. The van der Waals surface area contributed by atoms with Gasteiger partial charge in [0.15, 0.2) is 5.13 Å². The Hall–Kier alpha value is -3.22. The minimum absolute atomic E-state index is 0.211. The van der Waals surface area contributed by atoms with Crippen LogP contribution in [-0.4, -0.2) is 24.0 Å². The average Bonchev–Trinajstić information content (AvgIpc) is 3.26. The second kappa shape index (κ2) is 8.88. The molecule has 5 nitrogen and oxygen atoms in total. The smallest absolute Gasteiger partial charge is 0.338 e. The summed E-state index contributed by atoms with van der Waals surface area (Å²) in [5.41, 5.74) is 3.15. The zero-order valence-corrected chi connectivity index (χ0v) is 18.5. The van der Waals surface area contributed by atoms with E-state index < -0.39 is 5.97 Å². The summed E-state index contributed by atoms with van der Waals surface area (Å²) >= 11 is 7.75. The monoisotopic (exact) mass is 450 g/mol. The molecule has 1 amide bonds. The van der Waals surface area contributed by atoms with Crippen molar-refractivity contribution in [3.8, 4) is 0 Å². The normalized spacial score (nSPS) is 10.8. The van der Waals surface area contributed by atoms with Gasteiger partial charge in [-0.15, -0.1) is 0 Å². The van der Waals surface area contributed by atoms with Crippen molar-refractivity contribution in [2.75, 3.05) is 12.0 Å². The second-order valence-corrected chi connectivity index (χ2v) is 8.34. The third-order valence-corrected chi connectivity index (χ3v) is 6.45. The molecule has 4 rings (SSSR count). The Morgan fingerprint density at radius 1 is 1.00 bits per heavy atom. The molecule has 0 radical (unpaired) electrons. The van der Waals surface area contributed by atoms with Gasteiger partial charge in [0.05, 0.1) is 40.0 Å². The number of benzene rings is 3. The van der Waals surface area contributed by atoms with E-state index in [2.05, 4.69) is 0 Å². The van der Waals surface area contributed by atoms with Gasteiger partial charge < -0.3 is 4.74 Å². The highest BCUT2D eigenvalue weighted by Crippen LogP contribution is 2.36. The molecule has 31 heavy (non-hydrogen) atoms. The van der Waals surface area contributed by atoms with Gasteiger partial charge in [0.2, 0.25) is 0 Å². The number of thiazole rings is 1. The number of fused-ring (bicyclic) bond motifs is 1. The molecule has 0 aliphatic heterocycles. The van der Waals surface area contributed by atoms with E-state index in [9.17, 15) is 9.59 Å². The van der Waals surface area contributed by atoms with E-state index in [1.54, 1.807) is 29.2 Å². The lowest BCUT2D eigenvalue weighted by molar-refractivity contribution is 0.0597. The number of amides is 1. The van der Waals surface area contributed by atoms with Gasteiger partial charge in [-0.05, 0) is 36.2 Å². The van der Waals surface area contributed by atoms with Crippen molar-refractivity contribution in [2.24, 2.45) is 0 Å². The quantitative estimate of drug-likeness (QED) is 0.355. The highest BCUT2D eigenvalue weighted by molar-refractivity contribution is 7.23. The molecule has 0 saturated carbocycles. The van der Waals surface area contributed by atoms with Crippen molar-refractivity contribution >= 4 is 50.2 Å². The second-order valence-electron chi connectivity index (χ2n) is 6.95. The predicted molar refractivity (Wildman–Crippen MR) is 124 cm³/mol. The van der Waals surface area contributed by atoms with Gasteiger partial charge in [-0.25, -0.2) is 9.78 Å². The first-order valence-electron chi connectivity index (χ1n) is 9.58. The number of esters is 1. The lowest BCUT2D eigenvalue weighted by Gasteiger charge is -2.21. The number of hydrogen-bond donors (Lipinski definition) is 0. The number of anilines is 1. The SMILES string of the molecule is COC(=O)c1ccccc1C(=O)N(Cc1ccccc1)c1nc2c(C)ccc(Cl)c2s1. The summed E-state index contributed by atoms with van der Waals surface area (Å²) in [6.07, 6.45) is 0. The van der Waals surface area contributed by atoms with E-state index in [0.717, 1.165) is 21.3 Å². The Labute approximate surface area is 188 Å². The van der Waals surface area contributed by atoms with Crippen LogP contribution >= 0.6 is 22.9 Å². The first-order valence-corrected chi connectivity index (χ1v) is 10.8. The molecule has 156 valence electrons. The molecule has 0 atom stereocenters. The number of aryl methyl sites for hydroxylation is 1. The van der Waals surface area contributed by atoms with Crippen molar-refractivity contribution in [1.29, 1.82) is 0 Å². The zero-order valence-electron chi connectivity index (χ0n) is 17.0. The van der Waals surface area contributed by atoms with Gasteiger partial charge in [0, 0.05) is 0 Å². The first-order chi connectivity index (χ1) is 15.0. The maximum absolute atomic E-state index is 13.7. The highest BCUT2D eigenvalue weighted by Gasteiger charge is 2.26. The highest BCUT2D eigenvalue weighted by atomic mass is 35.5. The molecule has 1 heterocycles. The van der Waals surface area contributed by atoms with Crippen LogP contribution in [0.4, 0.5) is 5.13 Å². The first kappa shape index (κ1) is 21.0. The van der Waals surface area contributed by atoms with E-state index in [1.807, 2.05) is 49.4 Å². The average molecular weight is 451 g/mol. The summed E-state index contributed by atoms with van der Waals surface area (Å²) in [4.78, 5) is 32.3. The molecule has 0 N–H and O–H groups in total. The van der Waals surface area contributed by atoms with Crippen molar-refractivity contribution < 1.29 is 14.3 Å². The molecule has 0 unspecified atom stereocenters. The van der Waals surface area contributed by atoms with Crippen LogP contribution in [-0.2, 0) is 11.3 Å². The van der Waals surface area contributed by atoms with Gasteiger partial charge in [-0.3, -0.25) is 9.69 Å². The minimum Gasteiger partial charge on any atom is -0.465 e. The third-order valence-electron chi connectivity index (χ3n) is 4.91. The molecule has 0 fully saturated rings. The zero-order chi connectivity index (χ0) is 22.0. The Bertz CT molecular complexity index is 1230. The number of aromatic nitrogens is 1. The van der Waals surface area contributed by atoms with Crippen LogP contribution in [0.5, 0.6) is 0 Å². The molecular weight excluding hydrogens is 432 g/mol. The number of hydrogen-bond acceptors (Lipinski definition) is 5. The van der Waals surface area contributed by atoms with Gasteiger partial charge in [0.25, 0.3) is 5.91 Å². The third kappa shape index (κ3) is 4.17. The fourth-order valence-corrected chi connectivity index (χ4v) is 4.62. The largest absolute Gasteiger partial charge is 0.465 e. The Balaban J connectivity index is 1.85. The number of carbonyl (C=O) groups excluding carboxylic acids is 2. The van der Waals surface area contributed by atoms with Crippen LogP contribution in [0.15, 0.2) is 66.7 Å². The molecule has 1 aromatic heterocycles. The molecule has 0 spiro atoms. The van der Waals surface area contributed by atoms with Crippen molar-refractivity contribution in [2.45, 2.75) is 13.5 Å². The molecule has 0 aliphatic rings. The van der Waals surface area contributed by atoms with E-state index in [1.165, 1.54) is 18.4 Å². The van der Waals surface area contributed by atoms with Crippen LogP contribution in [0.1, 0.15) is 31.8 Å². The summed E-state index contributed by atoms with van der Waals surface area (Å²) in [6, 6.07) is 20.0. The fraction of sp³-hybridized carbons (Fsp3) is 0.125. The van der Waals surface area contributed by atoms with E-state index in [4.69, 9.17) is 21.3 Å². The lowest BCUT2D eigenvalue weighted by Crippen LogP contribution is -2.31. The number of methoxy groups -OCH3 is 1. The number of ether oxygens (including phenoxy) is 1. The maximum Gasteiger partial charge on any atom is 0.338 e. The molecule has 4 aromatic rings. The van der Waals surface area contributed by atoms with E-state index in [0.29, 0.717) is 16.7 Å². The van der Waals surface area contributed by atoms with Crippen LogP contribution < -0.4 is 4.90 Å². The number of halogens is 1. The van der Waals surface area contributed by atoms with Crippen LogP contribution in [0, 0.1) is 6.92 Å². The summed E-state index contributed by atoms with van der Waals surface area (Å²) in [6.45, 7) is 2.25. The Kier molecular flexibility index (Phi) is 6.02. The lowest BCUT2D eigenvalue weighted by atomic mass is 10.1. The topological polar surface area (TPSA) is 59.5 Å². The predicted octanol–water partition coefficient (Wildman–Crippen LogP) is 5.89. The fourth-order valence-electron chi connectivity index (χ4n) is 3.30. The molecule has 3 aromatic carbocycles. The van der Waals surface area contributed by atoms with Gasteiger partial charge in [-0.1, -0.05) is 71.5 Å². The van der Waals surface area contributed by atoms with Crippen molar-refractivity contribution in [3.63, 3.8) is 0 Å². The van der Waals surface area contributed by atoms with Crippen molar-refractivity contribution in [1.82, 2.24) is 4.98 Å². The van der Waals surface area contributed by atoms with Crippen molar-refractivity contribution in [3.05, 3.63) is 94.0 Å². The van der Waals surface area contributed by atoms with Crippen LogP contribution in [0.3, 0.4) is 0 Å². The molecule has 7 heteroatoms. The Morgan fingerprint density at radius 2 is 1.68 bits per heavy atom. The molecule has 0 saturated heterocycles. The summed E-state index contributed by atoms with van der Waals surface area (Å²) in [5.74, 6) is -0.899. The van der Waals surface area contributed by atoms with Crippen LogP contribution in [0.25, 0.3) is 10.2 Å². The summed E-state index contributed by atoms with van der Waals surface area (Å²) in [7, 11) is 1.30. The molecular formula is C24H19ClN2O3S. The van der Waals surface area contributed by atoms with Gasteiger partial charge >= 0.3 is 5.97 Å². The number of nitrogens with zero attached hydrogens (tertiary/aromatic N) is 2. The van der Waals surface area contributed by atoms with E-state index >= 15 is 0 Å².